The van der Waals surface area contributed by atoms with Gasteiger partial charge in [-0.15, -0.1) is 0 Å². The molecule has 1 aliphatic carbocycles. The Kier molecular flexibility index (Phi) is 6.31. The molecule has 1 amide bonds. The summed E-state index contributed by atoms with van der Waals surface area (Å²) in [6.45, 7) is 8.26. The lowest BCUT2D eigenvalue weighted by Gasteiger charge is -2.37. The molecule has 7 nitrogen and oxygen atoms in total. The Hall–Kier alpha value is -2.15. The van der Waals surface area contributed by atoms with E-state index in [-0.39, 0.29) is 16.5 Å². The van der Waals surface area contributed by atoms with Gasteiger partial charge in [-0.05, 0) is 30.4 Å². The van der Waals surface area contributed by atoms with Crippen LogP contribution in [-0.4, -0.2) is 54.5 Å². The molecule has 1 saturated heterocycles. The fourth-order valence-corrected chi connectivity index (χ4v) is 4.19. The molecule has 0 unspecified atom stereocenters. The topological polar surface area (TPSA) is 78.7 Å². The van der Waals surface area contributed by atoms with Crippen LogP contribution in [0.4, 0.5) is 11.4 Å². The first-order chi connectivity index (χ1) is 12.9. The summed E-state index contributed by atoms with van der Waals surface area (Å²) in [6.07, 6.45) is 3.55. The van der Waals surface area contributed by atoms with E-state index < -0.39 is 0 Å². The lowest BCUT2D eigenvalue weighted by atomic mass is 9.78. The Labute approximate surface area is 160 Å². The molecule has 2 fully saturated rings. The van der Waals surface area contributed by atoms with Gasteiger partial charge in [-0.25, -0.2) is 0 Å². The van der Waals surface area contributed by atoms with Gasteiger partial charge in [-0.2, -0.15) is 0 Å². The van der Waals surface area contributed by atoms with Crippen LogP contribution in [0.2, 0.25) is 0 Å². The summed E-state index contributed by atoms with van der Waals surface area (Å²) in [6, 6.07) is 6.99. The van der Waals surface area contributed by atoms with E-state index in [2.05, 4.69) is 29.0 Å². The first kappa shape index (κ1) is 19.6. The van der Waals surface area contributed by atoms with Crippen LogP contribution >= 0.6 is 0 Å². The van der Waals surface area contributed by atoms with Crippen molar-refractivity contribution in [2.45, 2.75) is 39.2 Å². The van der Waals surface area contributed by atoms with Gasteiger partial charge >= 0.3 is 0 Å². The third kappa shape index (κ3) is 4.97. The maximum Gasteiger partial charge on any atom is 0.269 e. The summed E-state index contributed by atoms with van der Waals surface area (Å²) >= 11 is 0. The second kappa shape index (κ2) is 8.69. The molecule has 0 aromatic heterocycles. The molecule has 1 aliphatic heterocycles. The summed E-state index contributed by atoms with van der Waals surface area (Å²) in [4.78, 5) is 27.2. The predicted molar refractivity (Wildman–Crippen MR) is 106 cm³/mol. The Morgan fingerprint density at radius 3 is 2.44 bits per heavy atom. The maximum absolute atomic E-state index is 12.5. The van der Waals surface area contributed by atoms with E-state index in [0.29, 0.717) is 24.4 Å². The predicted octanol–water partition coefficient (Wildman–Crippen LogP) is 2.66. The zero-order valence-corrected chi connectivity index (χ0v) is 16.3. The molecule has 1 N–H and O–H groups in total. The van der Waals surface area contributed by atoms with E-state index in [4.69, 9.17) is 0 Å². The van der Waals surface area contributed by atoms with Crippen LogP contribution in [-0.2, 0) is 4.79 Å². The van der Waals surface area contributed by atoms with Gasteiger partial charge in [-0.1, -0.05) is 26.7 Å². The Morgan fingerprint density at radius 1 is 1.15 bits per heavy atom. The number of nitro benzene ring substituents is 1. The van der Waals surface area contributed by atoms with Crippen molar-refractivity contribution in [3.05, 3.63) is 34.4 Å². The standard InChI is InChI=1S/C20H30N4O3/c1-15-4-3-5-19(16(15)2)21-20(25)14-22-10-12-23(13-11-22)17-6-8-18(9-7-17)24(26)27/h6-9,15-16,19H,3-5,10-14H2,1-2H3,(H,21,25)/t15-,16-,19+/m1/s1. The SMILES string of the molecule is C[C@@H]1[C@H](C)CCC[C@@H]1NC(=O)CN1CCN(c2ccc([N+](=O)[O-])cc2)CC1. The van der Waals surface area contributed by atoms with Crippen LogP contribution in [0.25, 0.3) is 0 Å². The number of benzene rings is 1. The lowest BCUT2D eigenvalue weighted by Crippen LogP contribution is -2.52. The van der Waals surface area contributed by atoms with Gasteiger partial charge < -0.3 is 10.2 Å². The fourth-order valence-electron chi connectivity index (χ4n) is 4.19. The first-order valence-electron chi connectivity index (χ1n) is 9.95. The third-order valence-electron chi connectivity index (χ3n) is 6.22. The smallest absolute Gasteiger partial charge is 0.269 e. The third-order valence-corrected chi connectivity index (χ3v) is 6.22. The number of anilines is 1. The minimum absolute atomic E-state index is 0.111. The lowest BCUT2D eigenvalue weighted by molar-refractivity contribution is -0.384. The molecule has 0 spiro atoms. The highest BCUT2D eigenvalue weighted by molar-refractivity contribution is 5.78. The minimum Gasteiger partial charge on any atom is -0.369 e. The number of nitro groups is 1. The molecular weight excluding hydrogens is 344 g/mol. The van der Waals surface area contributed by atoms with E-state index in [0.717, 1.165) is 38.3 Å². The van der Waals surface area contributed by atoms with E-state index in [9.17, 15) is 14.9 Å². The second-order valence-electron chi connectivity index (χ2n) is 7.98. The molecule has 1 aromatic carbocycles. The van der Waals surface area contributed by atoms with Gasteiger partial charge in [0.2, 0.25) is 5.91 Å². The molecule has 1 aromatic rings. The molecule has 1 heterocycles. The molecule has 3 atom stereocenters. The van der Waals surface area contributed by atoms with Gasteiger partial charge in [0.15, 0.2) is 0 Å². The molecule has 3 rings (SSSR count). The molecule has 0 radical (unpaired) electrons. The quantitative estimate of drug-likeness (QED) is 0.633. The van der Waals surface area contributed by atoms with Crippen LogP contribution in [0, 0.1) is 22.0 Å². The average molecular weight is 374 g/mol. The number of amides is 1. The highest BCUT2D eigenvalue weighted by Gasteiger charge is 2.29. The van der Waals surface area contributed by atoms with Crippen LogP contribution in [0.1, 0.15) is 33.1 Å². The number of hydrogen-bond acceptors (Lipinski definition) is 5. The number of piperazine rings is 1. The van der Waals surface area contributed by atoms with Crippen molar-refractivity contribution in [1.82, 2.24) is 10.2 Å². The molecular formula is C20H30N4O3. The molecule has 148 valence electrons. The van der Waals surface area contributed by atoms with Crippen molar-refractivity contribution in [3.8, 4) is 0 Å². The summed E-state index contributed by atoms with van der Waals surface area (Å²) in [5.74, 6) is 1.35. The number of carbonyl (C=O) groups is 1. The van der Waals surface area contributed by atoms with E-state index in [1.807, 2.05) is 0 Å². The summed E-state index contributed by atoms with van der Waals surface area (Å²) in [5, 5.41) is 14.0. The molecule has 2 aliphatic rings. The summed E-state index contributed by atoms with van der Waals surface area (Å²) in [5.41, 5.74) is 1.11. The van der Waals surface area contributed by atoms with Crippen molar-refractivity contribution in [3.63, 3.8) is 0 Å². The van der Waals surface area contributed by atoms with Gasteiger partial charge in [0, 0.05) is 50.0 Å². The average Bonchev–Trinajstić information content (AvgIpc) is 2.66. The Bertz CT molecular complexity index is 656. The number of non-ortho nitro benzene ring substituents is 1. The second-order valence-corrected chi connectivity index (χ2v) is 7.98. The van der Waals surface area contributed by atoms with Crippen molar-refractivity contribution in [2.24, 2.45) is 11.8 Å². The van der Waals surface area contributed by atoms with Gasteiger partial charge in [0.05, 0.1) is 11.5 Å². The number of hydrogen-bond donors (Lipinski definition) is 1. The number of nitrogens with zero attached hydrogens (tertiary/aromatic N) is 3. The zero-order chi connectivity index (χ0) is 19.4. The fraction of sp³-hybridized carbons (Fsp3) is 0.650. The van der Waals surface area contributed by atoms with Gasteiger partial charge in [0.1, 0.15) is 0 Å². The van der Waals surface area contributed by atoms with E-state index >= 15 is 0 Å². The van der Waals surface area contributed by atoms with Crippen molar-refractivity contribution >= 4 is 17.3 Å². The van der Waals surface area contributed by atoms with Gasteiger partial charge in [-0.3, -0.25) is 19.8 Å². The Balaban J connectivity index is 1.45. The summed E-state index contributed by atoms with van der Waals surface area (Å²) in [7, 11) is 0. The van der Waals surface area contributed by atoms with Crippen molar-refractivity contribution in [1.29, 1.82) is 0 Å². The highest BCUT2D eigenvalue weighted by atomic mass is 16.6. The van der Waals surface area contributed by atoms with Gasteiger partial charge in [0.25, 0.3) is 5.69 Å². The number of nitrogens with one attached hydrogen (secondary N) is 1. The summed E-state index contributed by atoms with van der Waals surface area (Å²) < 4.78 is 0. The number of carbonyl (C=O) groups excluding carboxylic acids is 1. The Morgan fingerprint density at radius 2 is 1.81 bits per heavy atom. The number of rotatable bonds is 5. The van der Waals surface area contributed by atoms with Crippen LogP contribution in [0.3, 0.4) is 0 Å². The normalized spacial score (nSPS) is 26.6. The molecule has 0 bridgehead atoms. The highest BCUT2D eigenvalue weighted by Crippen LogP contribution is 2.29. The van der Waals surface area contributed by atoms with Crippen LogP contribution < -0.4 is 10.2 Å². The maximum atomic E-state index is 12.5. The van der Waals surface area contributed by atoms with E-state index in [1.165, 1.54) is 12.8 Å². The molecule has 27 heavy (non-hydrogen) atoms. The minimum atomic E-state index is -0.381. The monoisotopic (exact) mass is 374 g/mol. The largest absolute Gasteiger partial charge is 0.369 e. The van der Waals surface area contributed by atoms with Crippen LogP contribution in [0.15, 0.2) is 24.3 Å². The molecule has 7 heteroatoms. The van der Waals surface area contributed by atoms with Crippen LogP contribution in [0.5, 0.6) is 0 Å². The molecule has 1 saturated carbocycles. The van der Waals surface area contributed by atoms with Crippen molar-refractivity contribution in [2.75, 3.05) is 37.6 Å². The first-order valence-corrected chi connectivity index (χ1v) is 9.95. The zero-order valence-electron chi connectivity index (χ0n) is 16.3. The van der Waals surface area contributed by atoms with Crippen molar-refractivity contribution < 1.29 is 9.72 Å². The van der Waals surface area contributed by atoms with E-state index in [1.54, 1.807) is 24.3 Å².